The van der Waals surface area contributed by atoms with Gasteiger partial charge in [-0.25, -0.2) is 0 Å². The molecule has 2 aliphatic heterocycles. The number of fused-ring (bicyclic) bond motifs is 4. The fourth-order valence-corrected chi connectivity index (χ4v) is 4.66. The number of methoxy groups -OCH3 is 1. The van der Waals surface area contributed by atoms with Crippen LogP contribution in [-0.4, -0.2) is 18.6 Å². The number of thiophene rings is 1. The van der Waals surface area contributed by atoms with Crippen LogP contribution >= 0.6 is 11.3 Å². The first-order valence-electron chi connectivity index (χ1n) is 7.23. The van der Waals surface area contributed by atoms with E-state index in [9.17, 15) is 0 Å². The van der Waals surface area contributed by atoms with Crippen molar-refractivity contribution < 1.29 is 4.74 Å². The largest absolute Gasteiger partial charge is 0.497 e. The predicted octanol–water partition coefficient (Wildman–Crippen LogP) is 3.72. The van der Waals surface area contributed by atoms with Crippen LogP contribution in [0.25, 0.3) is 0 Å². The first-order valence-corrected chi connectivity index (χ1v) is 8.11. The van der Waals surface area contributed by atoms with Crippen LogP contribution in [0.15, 0.2) is 23.6 Å². The fourth-order valence-electron chi connectivity index (χ4n) is 3.58. The predicted molar refractivity (Wildman–Crippen MR) is 82.6 cm³/mol. The van der Waals surface area contributed by atoms with Crippen LogP contribution in [0.2, 0.25) is 0 Å². The Morgan fingerprint density at radius 2 is 2.25 bits per heavy atom. The highest BCUT2D eigenvalue weighted by Gasteiger charge is 2.33. The summed E-state index contributed by atoms with van der Waals surface area (Å²) in [7, 11) is 1.75. The second kappa shape index (κ2) is 4.61. The Bertz CT molecular complexity index is 661. The van der Waals surface area contributed by atoms with E-state index in [0.717, 1.165) is 18.7 Å². The summed E-state index contributed by atoms with van der Waals surface area (Å²) in [6.07, 6.45) is 2.31. The van der Waals surface area contributed by atoms with E-state index in [2.05, 4.69) is 35.4 Å². The highest BCUT2D eigenvalue weighted by atomic mass is 32.1. The zero-order valence-corrected chi connectivity index (χ0v) is 12.8. The summed E-state index contributed by atoms with van der Waals surface area (Å²) in [5.41, 5.74) is 6.04. The van der Waals surface area contributed by atoms with Crippen molar-refractivity contribution in [3.05, 3.63) is 50.7 Å². The van der Waals surface area contributed by atoms with Crippen molar-refractivity contribution in [3.8, 4) is 5.75 Å². The average Bonchev–Trinajstić information content (AvgIpc) is 2.85. The van der Waals surface area contributed by atoms with Crippen molar-refractivity contribution in [1.29, 1.82) is 0 Å². The van der Waals surface area contributed by atoms with Gasteiger partial charge in [0.15, 0.2) is 0 Å². The monoisotopic (exact) mass is 285 g/mol. The van der Waals surface area contributed by atoms with Crippen LogP contribution in [0.5, 0.6) is 5.75 Å². The molecule has 0 amide bonds. The second-order valence-electron chi connectivity index (χ2n) is 5.83. The molecule has 2 aromatic rings. The third-order valence-electron chi connectivity index (χ3n) is 4.75. The molecular formula is C17H19NOS. The Morgan fingerprint density at radius 3 is 3.10 bits per heavy atom. The van der Waals surface area contributed by atoms with Gasteiger partial charge in [0, 0.05) is 30.4 Å². The zero-order chi connectivity index (χ0) is 13.7. The third-order valence-corrected chi connectivity index (χ3v) is 5.92. The van der Waals surface area contributed by atoms with Crippen molar-refractivity contribution in [2.24, 2.45) is 0 Å². The molecule has 4 rings (SSSR count). The minimum atomic E-state index is 0.565. The Morgan fingerprint density at radius 1 is 1.35 bits per heavy atom. The summed E-state index contributed by atoms with van der Waals surface area (Å²) in [5.74, 6) is 0.987. The van der Waals surface area contributed by atoms with E-state index in [1.807, 2.05) is 11.3 Å². The fraction of sp³-hybridized carbons (Fsp3) is 0.412. The van der Waals surface area contributed by atoms with Crippen LogP contribution in [0.1, 0.15) is 33.2 Å². The van der Waals surface area contributed by atoms with Crippen molar-refractivity contribution in [1.82, 2.24) is 4.90 Å². The molecule has 0 fully saturated rings. The third kappa shape index (κ3) is 1.80. The maximum atomic E-state index is 5.36. The number of benzene rings is 1. The van der Waals surface area contributed by atoms with Crippen LogP contribution < -0.4 is 4.74 Å². The lowest BCUT2D eigenvalue weighted by atomic mass is 9.86. The topological polar surface area (TPSA) is 12.5 Å². The van der Waals surface area contributed by atoms with E-state index in [1.165, 1.54) is 29.7 Å². The molecule has 0 spiro atoms. The van der Waals surface area contributed by atoms with E-state index in [4.69, 9.17) is 4.74 Å². The molecule has 1 atom stereocenters. The molecule has 0 bridgehead atoms. The molecule has 20 heavy (non-hydrogen) atoms. The molecule has 2 nitrogen and oxygen atoms in total. The van der Waals surface area contributed by atoms with Gasteiger partial charge in [-0.05, 0) is 53.1 Å². The van der Waals surface area contributed by atoms with E-state index >= 15 is 0 Å². The number of aryl methyl sites for hydroxylation is 1. The quantitative estimate of drug-likeness (QED) is 0.792. The van der Waals surface area contributed by atoms with Crippen molar-refractivity contribution >= 4 is 11.3 Å². The number of hydrogen-bond acceptors (Lipinski definition) is 3. The summed E-state index contributed by atoms with van der Waals surface area (Å²) < 4.78 is 5.36. The maximum absolute atomic E-state index is 5.36. The van der Waals surface area contributed by atoms with Gasteiger partial charge in [0.05, 0.1) is 7.11 Å². The number of ether oxygens (including phenoxy) is 1. The van der Waals surface area contributed by atoms with Crippen LogP contribution in [0, 0.1) is 6.92 Å². The standard InChI is InChI=1S/C17H19NOS/c1-11-10-20-17-8-16-14-4-3-13(19-2)7-12(14)5-6-18(16)9-15(11)17/h3-4,7,10,16H,5-6,8-9H2,1-2H3. The molecular weight excluding hydrogens is 266 g/mol. The maximum Gasteiger partial charge on any atom is 0.119 e. The highest BCUT2D eigenvalue weighted by molar-refractivity contribution is 7.10. The van der Waals surface area contributed by atoms with E-state index in [1.54, 1.807) is 17.6 Å². The molecule has 0 radical (unpaired) electrons. The SMILES string of the molecule is COc1ccc2c(c1)CCN1Cc3c(C)csc3CC21. The van der Waals surface area contributed by atoms with E-state index in [0.29, 0.717) is 6.04 Å². The van der Waals surface area contributed by atoms with Crippen molar-refractivity contribution in [3.63, 3.8) is 0 Å². The van der Waals surface area contributed by atoms with Gasteiger partial charge in [-0.1, -0.05) is 6.07 Å². The molecule has 1 unspecified atom stereocenters. The van der Waals surface area contributed by atoms with Gasteiger partial charge in [0.2, 0.25) is 0 Å². The summed E-state index contributed by atoms with van der Waals surface area (Å²) in [6, 6.07) is 7.17. The van der Waals surface area contributed by atoms with Crippen molar-refractivity contribution in [2.75, 3.05) is 13.7 Å². The van der Waals surface area contributed by atoms with Gasteiger partial charge in [-0.3, -0.25) is 4.90 Å². The Labute approximate surface area is 124 Å². The summed E-state index contributed by atoms with van der Waals surface area (Å²) in [5, 5.41) is 2.32. The summed E-state index contributed by atoms with van der Waals surface area (Å²) in [6.45, 7) is 4.54. The minimum Gasteiger partial charge on any atom is -0.497 e. The normalized spacial score (nSPS) is 21.0. The Kier molecular flexibility index (Phi) is 2.86. The lowest BCUT2D eigenvalue weighted by Crippen LogP contribution is -2.39. The van der Waals surface area contributed by atoms with Gasteiger partial charge in [0.1, 0.15) is 5.75 Å². The van der Waals surface area contributed by atoms with Crippen LogP contribution in [0.3, 0.4) is 0 Å². The average molecular weight is 285 g/mol. The van der Waals surface area contributed by atoms with E-state index < -0.39 is 0 Å². The Hall–Kier alpha value is -1.32. The molecule has 0 saturated carbocycles. The first-order chi connectivity index (χ1) is 9.76. The van der Waals surface area contributed by atoms with Gasteiger partial charge in [0.25, 0.3) is 0 Å². The lowest BCUT2D eigenvalue weighted by Gasteiger charge is -2.40. The molecule has 1 aromatic carbocycles. The molecule has 3 heteroatoms. The lowest BCUT2D eigenvalue weighted by molar-refractivity contribution is 0.162. The minimum absolute atomic E-state index is 0.565. The number of rotatable bonds is 1. The van der Waals surface area contributed by atoms with E-state index in [-0.39, 0.29) is 0 Å². The molecule has 0 N–H and O–H groups in total. The zero-order valence-electron chi connectivity index (χ0n) is 12.0. The summed E-state index contributed by atoms with van der Waals surface area (Å²) in [4.78, 5) is 4.24. The first kappa shape index (κ1) is 12.4. The van der Waals surface area contributed by atoms with Gasteiger partial charge >= 0.3 is 0 Å². The van der Waals surface area contributed by atoms with Gasteiger partial charge in [-0.15, -0.1) is 11.3 Å². The Balaban J connectivity index is 1.74. The van der Waals surface area contributed by atoms with Crippen LogP contribution in [-0.2, 0) is 19.4 Å². The number of nitrogens with zero attached hydrogens (tertiary/aromatic N) is 1. The highest BCUT2D eigenvalue weighted by Crippen LogP contribution is 2.41. The second-order valence-corrected chi connectivity index (χ2v) is 6.79. The van der Waals surface area contributed by atoms with Gasteiger partial charge in [-0.2, -0.15) is 0 Å². The molecule has 2 aliphatic rings. The molecule has 0 aliphatic carbocycles. The van der Waals surface area contributed by atoms with Gasteiger partial charge < -0.3 is 4.74 Å². The number of hydrogen-bond donors (Lipinski definition) is 0. The molecule has 3 heterocycles. The molecule has 1 aromatic heterocycles. The summed E-state index contributed by atoms with van der Waals surface area (Å²) >= 11 is 1.94. The molecule has 104 valence electrons. The molecule has 0 saturated heterocycles. The van der Waals surface area contributed by atoms with Crippen LogP contribution in [0.4, 0.5) is 0 Å². The smallest absolute Gasteiger partial charge is 0.119 e. The van der Waals surface area contributed by atoms with Crippen molar-refractivity contribution in [2.45, 2.75) is 32.4 Å².